The zero-order chi connectivity index (χ0) is 17.9. The minimum Gasteiger partial charge on any atom is -0.356 e. The number of nitrogens with one attached hydrogen (secondary N) is 1. The van der Waals surface area contributed by atoms with E-state index in [0.29, 0.717) is 21.8 Å². The number of hydrogen-bond acceptors (Lipinski definition) is 2. The van der Waals surface area contributed by atoms with E-state index in [-0.39, 0.29) is 5.41 Å². The zero-order valence-corrected chi connectivity index (χ0v) is 16.5. The Morgan fingerprint density at radius 3 is 2.52 bits per heavy atom. The van der Waals surface area contributed by atoms with Crippen LogP contribution in [0.4, 0.5) is 0 Å². The maximum Gasteiger partial charge on any atom is 0.226 e. The fourth-order valence-electron chi connectivity index (χ4n) is 6.94. The molecule has 4 fully saturated rings. The monoisotopic (exact) mass is 363 g/mol. The Hall–Kier alpha value is -1.03. The lowest BCUT2D eigenvalue weighted by Gasteiger charge is -2.64. The second-order valence-electron chi connectivity index (χ2n) is 9.85. The molecule has 0 aliphatic heterocycles. The molecule has 0 saturated heterocycles. The van der Waals surface area contributed by atoms with Gasteiger partial charge in [-0.1, -0.05) is 25.4 Å². The number of aryl methyl sites for hydroxylation is 2. The van der Waals surface area contributed by atoms with Crippen LogP contribution in [0.5, 0.6) is 0 Å². The summed E-state index contributed by atoms with van der Waals surface area (Å²) in [5.41, 5.74) is 1.53. The molecular weight excluding hydrogens is 334 g/mol. The predicted molar refractivity (Wildman–Crippen MR) is 99.4 cm³/mol. The van der Waals surface area contributed by atoms with E-state index in [2.05, 4.69) is 24.3 Å². The lowest BCUT2D eigenvalue weighted by molar-refractivity contribution is -0.170. The molecule has 1 N–H and O–H groups in total. The van der Waals surface area contributed by atoms with E-state index < -0.39 is 0 Å². The van der Waals surface area contributed by atoms with E-state index in [9.17, 15) is 4.79 Å². The van der Waals surface area contributed by atoms with Crippen LogP contribution in [0.2, 0.25) is 5.02 Å². The lowest BCUT2D eigenvalue weighted by atomic mass is 9.40. The van der Waals surface area contributed by atoms with Crippen LogP contribution in [0, 0.1) is 29.1 Å². The summed E-state index contributed by atoms with van der Waals surface area (Å²) in [6, 6.07) is 0. The van der Waals surface area contributed by atoms with Gasteiger partial charge in [0.2, 0.25) is 5.91 Å². The number of aromatic nitrogens is 2. The van der Waals surface area contributed by atoms with Crippen LogP contribution in [-0.2, 0) is 11.3 Å². The molecule has 4 bridgehead atoms. The highest BCUT2D eigenvalue weighted by molar-refractivity contribution is 6.31. The van der Waals surface area contributed by atoms with Gasteiger partial charge in [0.15, 0.2) is 0 Å². The Kier molecular flexibility index (Phi) is 3.99. The Balaban J connectivity index is 1.35. The zero-order valence-electron chi connectivity index (χ0n) is 15.7. The van der Waals surface area contributed by atoms with Crippen molar-refractivity contribution in [2.75, 3.05) is 6.54 Å². The van der Waals surface area contributed by atoms with Gasteiger partial charge >= 0.3 is 0 Å². The molecule has 0 radical (unpaired) electrons. The molecule has 2 atom stereocenters. The van der Waals surface area contributed by atoms with Crippen molar-refractivity contribution >= 4 is 17.5 Å². The molecular formula is C20H30ClN3O. The van der Waals surface area contributed by atoms with E-state index in [4.69, 9.17) is 11.6 Å². The maximum absolute atomic E-state index is 13.1. The predicted octanol–water partition coefficient (Wildman–Crippen LogP) is 4.35. The third-order valence-corrected chi connectivity index (χ3v) is 7.21. The summed E-state index contributed by atoms with van der Waals surface area (Å²) in [5.74, 6) is 1.06. The third-order valence-electron chi connectivity index (χ3n) is 6.84. The molecule has 2 unspecified atom stereocenters. The third kappa shape index (κ3) is 3.11. The first-order valence-corrected chi connectivity index (χ1v) is 10.1. The van der Waals surface area contributed by atoms with E-state index in [1.54, 1.807) is 0 Å². The number of carbonyl (C=O) groups is 1. The molecule has 4 aliphatic carbocycles. The molecule has 1 amide bonds. The number of rotatable bonds is 5. The first-order valence-electron chi connectivity index (χ1n) is 9.69. The molecule has 138 valence electrons. The van der Waals surface area contributed by atoms with Crippen LogP contribution < -0.4 is 5.32 Å². The lowest BCUT2D eigenvalue weighted by Crippen LogP contribution is -2.59. The standard InChI is InChI=1S/C20H30ClN3O/c1-14-16(21)10-24(23-14)6-4-5-22-17(25)20-9-15-7-18(2,12-20)11-19(3,8-15)13-20/h10,15H,4-9,11-13H2,1-3H3,(H,22,25). The largest absolute Gasteiger partial charge is 0.356 e. The first-order chi connectivity index (χ1) is 11.7. The highest BCUT2D eigenvalue weighted by atomic mass is 35.5. The van der Waals surface area contributed by atoms with Crippen LogP contribution in [0.25, 0.3) is 0 Å². The van der Waals surface area contributed by atoms with Gasteiger partial charge in [0.1, 0.15) is 0 Å². The fraction of sp³-hybridized carbons (Fsp3) is 0.800. The summed E-state index contributed by atoms with van der Waals surface area (Å²) in [4.78, 5) is 13.1. The highest BCUT2D eigenvalue weighted by Crippen LogP contribution is 2.69. The van der Waals surface area contributed by atoms with Crippen molar-refractivity contribution in [3.63, 3.8) is 0 Å². The summed E-state index contributed by atoms with van der Waals surface area (Å²) >= 11 is 6.04. The van der Waals surface area contributed by atoms with Gasteiger partial charge in [0.25, 0.3) is 0 Å². The molecule has 1 aromatic heterocycles. The van der Waals surface area contributed by atoms with Crippen molar-refractivity contribution < 1.29 is 4.79 Å². The normalized spacial score (nSPS) is 39.0. The minimum absolute atomic E-state index is 0.103. The molecule has 25 heavy (non-hydrogen) atoms. The topological polar surface area (TPSA) is 46.9 Å². The smallest absolute Gasteiger partial charge is 0.226 e. The van der Waals surface area contributed by atoms with Crippen molar-refractivity contribution in [3.8, 4) is 0 Å². The van der Waals surface area contributed by atoms with Gasteiger partial charge in [-0.3, -0.25) is 9.48 Å². The number of nitrogens with zero attached hydrogens (tertiary/aromatic N) is 2. The summed E-state index contributed by atoms with van der Waals surface area (Å²) in [5, 5.41) is 8.33. The molecule has 4 nitrogen and oxygen atoms in total. The van der Waals surface area contributed by atoms with Gasteiger partial charge < -0.3 is 5.32 Å². The van der Waals surface area contributed by atoms with Gasteiger partial charge in [-0.15, -0.1) is 0 Å². The number of hydrogen-bond donors (Lipinski definition) is 1. The number of carbonyl (C=O) groups excluding carboxylic acids is 1. The Labute approximate surface area is 155 Å². The molecule has 4 saturated carbocycles. The Bertz CT molecular complexity index is 660. The van der Waals surface area contributed by atoms with Crippen molar-refractivity contribution in [2.45, 2.75) is 72.3 Å². The number of halogens is 1. The summed E-state index contributed by atoms with van der Waals surface area (Å²) < 4.78 is 1.87. The van der Waals surface area contributed by atoms with Gasteiger partial charge in [-0.05, 0) is 68.6 Å². The van der Waals surface area contributed by atoms with E-state index in [1.807, 2.05) is 17.8 Å². The van der Waals surface area contributed by atoms with E-state index in [1.165, 1.54) is 19.3 Å². The molecule has 0 aromatic carbocycles. The molecule has 0 spiro atoms. The molecule has 5 rings (SSSR count). The number of amides is 1. The van der Waals surface area contributed by atoms with Gasteiger partial charge in [-0.25, -0.2) is 0 Å². The summed E-state index contributed by atoms with van der Waals surface area (Å²) in [6.07, 6.45) is 10.0. The Morgan fingerprint density at radius 2 is 1.96 bits per heavy atom. The molecule has 1 aromatic rings. The maximum atomic E-state index is 13.1. The molecule has 1 heterocycles. The minimum atomic E-state index is -0.103. The van der Waals surface area contributed by atoms with E-state index in [0.717, 1.165) is 50.4 Å². The molecule has 4 aliphatic rings. The molecule has 5 heteroatoms. The summed E-state index contributed by atoms with van der Waals surface area (Å²) in [6.45, 7) is 8.26. The second kappa shape index (κ2) is 5.73. The van der Waals surface area contributed by atoms with Gasteiger partial charge in [0, 0.05) is 19.3 Å². The van der Waals surface area contributed by atoms with Crippen LogP contribution in [-0.4, -0.2) is 22.2 Å². The van der Waals surface area contributed by atoms with Crippen molar-refractivity contribution in [1.82, 2.24) is 15.1 Å². The van der Waals surface area contributed by atoms with Crippen molar-refractivity contribution in [1.29, 1.82) is 0 Å². The average Bonchev–Trinajstić information content (AvgIpc) is 2.78. The van der Waals surface area contributed by atoms with Crippen molar-refractivity contribution in [3.05, 3.63) is 16.9 Å². The quantitative estimate of drug-likeness (QED) is 0.790. The second-order valence-corrected chi connectivity index (χ2v) is 10.3. The van der Waals surface area contributed by atoms with Crippen LogP contribution in [0.15, 0.2) is 6.20 Å². The van der Waals surface area contributed by atoms with Crippen LogP contribution >= 0.6 is 11.6 Å². The van der Waals surface area contributed by atoms with Crippen LogP contribution in [0.1, 0.15) is 64.5 Å². The summed E-state index contributed by atoms with van der Waals surface area (Å²) in [7, 11) is 0. The van der Waals surface area contributed by atoms with Gasteiger partial charge in [0.05, 0.1) is 16.1 Å². The van der Waals surface area contributed by atoms with Crippen LogP contribution in [0.3, 0.4) is 0 Å². The first kappa shape index (κ1) is 17.4. The fourth-order valence-corrected chi connectivity index (χ4v) is 7.09. The SMILES string of the molecule is Cc1nn(CCCNC(=O)C23CC4CC(C)(CC(C)(C4)C2)C3)cc1Cl. The Morgan fingerprint density at radius 1 is 1.28 bits per heavy atom. The van der Waals surface area contributed by atoms with E-state index >= 15 is 0 Å². The van der Waals surface area contributed by atoms with Gasteiger partial charge in [-0.2, -0.15) is 5.10 Å². The average molecular weight is 364 g/mol. The highest BCUT2D eigenvalue weighted by Gasteiger charge is 2.62. The van der Waals surface area contributed by atoms with Crippen molar-refractivity contribution in [2.24, 2.45) is 22.2 Å².